The Bertz CT molecular complexity index is 657. The lowest BCUT2D eigenvalue weighted by Crippen LogP contribution is -2.46. The van der Waals surface area contributed by atoms with E-state index < -0.39 is 9.84 Å². The first kappa shape index (κ1) is 18.0. The Hall–Kier alpha value is -1.36. The minimum absolute atomic E-state index is 0.119. The highest BCUT2D eigenvalue weighted by molar-refractivity contribution is 7.90. The van der Waals surface area contributed by atoms with Crippen molar-refractivity contribution in [3.63, 3.8) is 0 Å². The molecule has 1 fully saturated rings. The number of carbonyl (C=O) groups excluding carboxylic acids is 1. The van der Waals surface area contributed by atoms with Crippen LogP contribution in [0.1, 0.15) is 56.8 Å². The summed E-state index contributed by atoms with van der Waals surface area (Å²) in [5, 5.41) is 3.16. The summed E-state index contributed by atoms with van der Waals surface area (Å²) in [5.74, 6) is 0.349. The van der Waals surface area contributed by atoms with Crippen molar-refractivity contribution in [2.24, 2.45) is 11.3 Å². The van der Waals surface area contributed by atoms with Crippen molar-refractivity contribution in [1.29, 1.82) is 0 Å². The van der Waals surface area contributed by atoms with E-state index in [1.165, 1.54) is 18.6 Å². The van der Waals surface area contributed by atoms with Gasteiger partial charge in [-0.15, -0.1) is 0 Å². The average Bonchev–Trinajstić information content (AvgIpc) is 2.46. The van der Waals surface area contributed by atoms with Crippen LogP contribution in [0.4, 0.5) is 0 Å². The molecule has 2 atom stereocenters. The minimum atomic E-state index is -3.23. The standard InChI is InChI=1S/C18H27NO3S/c1-18(2,3)15-7-5-6-8-16(15)19-17(20)13-9-11-14(12-10-13)23(4,21)22/h9-12,15-16H,5-8H2,1-4H3,(H,19,20)/t15-,16+/m1/s1. The Morgan fingerprint density at radius 2 is 1.65 bits per heavy atom. The van der Waals surface area contributed by atoms with Gasteiger partial charge < -0.3 is 5.32 Å². The van der Waals surface area contributed by atoms with Gasteiger partial charge in [0.1, 0.15) is 0 Å². The van der Waals surface area contributed by atoms with Gasteiger partial charge in [-0.3, -0.25) is 4.79 Å². The van der Waals surface area contributed by atoms with Crippen molar-refractivity contribution in [2.45, 2.75) is 57.4 Å². The molecule has 128 valence electrons. The number of hydrogen-bond acceptors (Lipinski definition) is 3. The van der Waals surface area contributed by atoms with Gasteiger partial charge in [0.25, 0.3) is 5.91 Å². The number of sulfone groups is 1. The van der Waals surface area contributed by atoms with Crippen molar-refractivity contribution in [3.8, 4) is 0 Å². The smallest absolute Gasteiger partial charge is 0.251 e. The average molecular weight is 337 g/mol. The van der Waals surface area contributed by atoms with Crippen LogP contribution < -0.4 is 5.32 Å². The van der Waals surface area contributed by atoms with Crippen molar-refractivity contribution >= 4 is 15.7 Å². The Kier molecular flexibility index (Phi) is 5.19. The van der Waals surface area contributed by atoms with Gasteiger partial charge in [-0.1, -0.05) is 33.6 Å². The summed E-state index contributed by atoms with van der Waals surface area (Å²) in [6.45, 7) is 6.68. The second kappa shape index (κ2) is 6.63. The lowest BCUT2D eigenvalue weighted by Gasteiger charge is -2.40. The van der Waals surface area contributed by atoms with Crippen molar-refractivity contribution < 1.29 is 13.2 Å². The number of carbonyl (C=O) groups is 1. The van der Waals surface area contributed by atoms with Crippen molar-refractivity contribution in [1.82, 2.24) is 5.32 Å². The molecular weight excluding hydrogens is 310 g/mol. The number of hydrogen-bond donors (Lipinski definition) is 1. The van der Waals surface area contributed by atoms with Crippen LogP contribution in [-0.2, 0) is 9.84 Å². The van der Waals surface area contributed by atoms with Gasteiger partial charge in [-0.05, 0) is 48.4 Å². The van der Waals surface area contributed by atoms with E-state index in [4.69, 9.17) is 0 Å². The molecule has 1 amide bonds. The molecule has 0 bridgehead atoms. The first-order chi connectivity index (χ1) is 10.6. The van der Waals surface area contributed by atoms with Crippen LogP contribution in [0, 0.1) is 11.3 Å². The number of benzene rings is 1. The summed E-state index contributed by atoms with van der Waals surface area (Å²) in [7, 11) is -3.23. The zero-order chi connectivity index (χ0) is 17.3. The third-order valence-electron chi connectivity index (χ3n) is 4.74. The molecule has 1 N–H and O–H groups in total. The zero-order valence-electron chi connectivity index (χ0n) is 14.4. The highest BCUT2D eigenvalue weighted by atomic mass is 32.2. The van der Waals surface area contributed by atoms with Crippen LogP contribution in [0.15, 0.2) is 29.2 Å². The van der Waals surface area contributed by atoms with Gasteiger partial charge in [0.2, 0.25) is 0 Å². The molecule has 1 aliphatic carbocycles. The van der Waals surface area contributed by atoms with Crippen LogP contribution in [0.5, 0.6) is 0 Å². The van der Waals surface area contributed by atoms with E-state index in [1.54, 1.807) is 12.1 Å². The zero-order valence-corrected chi connectivity index (χ0v) is 15.2. The molecule has 1 aliphatic rings. The predicted octanol–water partition coefficient (Wildman–Crippen LogP) is 3.42. The molecule has 0 heterocycles. The summed E-state index contributed by atoms with van der Waals surface area (Å²) in [6, 6.07) is 6.34. The molecule has 1 aromatic rings. The third kappa shape index (κ3) is 4.56. The van der Waals surface area contributed by atoms with Crippen LogP contribution >= 0.6 is 0 Å². The van der Waals surface area contributed by atoms with Gasteiger partial charge in [0.15, 0.2) is 9.84 Å². The van der Waals surface area contributed by atoms with Gasteiger partial charge in [-0.25, -0.2) is 8.42 Å². The highest BCUT2D eigenvalue weighted by Gasteiger charge is 2.34. The maximum absolute atomic E-state index is 12.5. The first-order valence-electron chi connectivity index (χ1n) is 8.20. The molecule has 0 spiro atoms. The molecule has 1 saturated carbocycles. The molecule has 5 heteroatoms. The van der Waals surface area contributed by atoms with Gasteiger partial charge in [0.05, 0.1) is 4.90 Å². The molecule has 0 unspecified atom stereocenters. The highest BCUT2D eigenvalue weighted by Crippen LogP contribution is 2.38. The quantitative estimate of drug-likeness (QED) is 0.919. The second-order valence-corrected chi connectivity index (χ2v) is 9.65. The summed E-state index contributed by atoms with van der Waals surface area (Å²) >= 11 is 0. The lowest BCUT2D eigenvalue weighted by molar-refractivity contribution is 0.0830. The maximum atomic E-state index is 12.5. The fourth-order valence-corrected chi connectivity index (χ4v) is 4.08. The Labute approximate surface area is 139 Å². The fourth-order valence-electron chi connectivity index (χ4n) is 3.45. The number of amides is 1. The topological polar surface area (TPSA) is 63.2 Å². The van der Waals surface area contributed by atoms with E-state index >= 15 is 0 Å². The van der Waals surface area contributed by atoms with Gasteiger partial charge in [0, 0.05) is 17.9 Å². The Balaban J connectivity index is 2.11. The Morgan fingerprint density at radius 1 is 1.09 bits per heavy atom. The molecule has 0 aliphatic heterocycles. The molecule has 0 saturated heterocycles. The number of nitrogens with one attached hydrogen (secondary N) is 1. The molecule has 1 aromatic carbocycles. The van der Waals surface area contributed by atoms with Crippen molar-refractivity contribution in [3.05, 3.63) is 29.8 Å². The first-order valence-corrected chi connectivity index (χ1v) is 10.1. The maximum Gasteiger partial charge on any atom is 0.251 e. The minimum Gasteiger partial charge on any atom is -0.349 e. The monoisotopic (exact) mass is 337 g/mol. The fraction of sp³-hybridized carbons (Fsp3) is 0.611. The molecule has 4 nitrogen and oxygen atoms in total. The number of rotatable bonds is 3. The normalized spacial score (nSPS) is 22.6. The van der Waals surface area contributed by atoms with Crippen molar-refractivity contribution in [2.75, 3.05) is 6.26 Å². The molecule has 2 rings (SSSR count). The summed E-state index contributed by atoms with van der Waals surface area (Å²) in [6.07, 6.45) is 5.68. The van der Waals surface area contributed by atoms with E-state index in [2.05, 4.69) is 26.1 Å². The molecule has 0 aromatic heterocycles. The van der Waals surface area contributed by atoms with E-state index in [0.717, 1.165) is 25.5 Å². The molecule has 23 heavy (non-hydrogen) atoms. The summed E-state index contributed by atoms with van der Waals surface area (Å²) < 4.78 is 23.0. The predicted molar refractivity (Wildman–Crippen MR) is 92.2 cm³/mol. The SMILES string of the molecule is CC(C)(C)[C@@H]1CCCC[C@@H]1NC(=O)c1ccc(S(C)(=O)=O)cc1. The lowest BCUT2D eigenvalue weighted by atomic mass is 9.69. The third-order valence-corrected chi connectivity index (χ3v) is 5.87. The summed E-state index contributed by atoms with van der Waals surface area (Å²) in [4.78, 5) is 12.7. The molecular formula is C18H27NO3S. The van der Waals surface area contributed by atoms with Crippen LogP contribution in [0.2, 0.25) is 0 Å². The van der Waals surface area contributed by atoms with Gasteiger partial charge in [-0.2, -0.15) is 0 Å². The second-order valence-electron chi connectivity index (χ2n) is 7.63. The van der Waals surface area contributed by atoms with E-state index in [0.29, 0.717) is 11.5 Å². The Morgan fingerprint density at radius 3 is 2.17 bits per heavy atom. The van der Waals surface area contributed by atoms with Crippen LogP contribution in [-0.4, -0.2) is 26.6 Å². The van der Waals surface area contributed by atoms with E-state index in [9.17, 15) is 13.2 Å². The van der Waals surface area contributed by atoms with Crippen LogP contribution in [0.3, 0.4) is 0 Å². The largest absolute Gasteiger partial charge is 0.349 e. The van der Waals surface area contributed by atoms with Crippen LogP contribution in [0.25, 0.3) is 0 Å². The van der Waals surface area contributed by atoms with E-state index in [1.807, 2.05) is 0 Å². The van der Waals surface area contributed by atoms with E-state index in [-0.39, 0.29) is 22.3 Å². The van der Waals surface area contributed by atoms with Gasteiger partial charge >= 0.3 is 0 Å². The molecule has 0 radical (unpaired) electrons. The summed E-state index contributed by atoms with van der Waals surface area (Å²) in [5.41, 5.74) is 0.675.